The second kappa shape index (κ2) is 18.6. The lowest BCUT2D eigenvalue weighted by molar-refractivity contribution is -0.384. The lowest BCUT2D eigenvalue weighted by atomic mass is 9.80. The molecule has 54 heavy (non-hydrogen) atoms. The molecule has 0 aliphatic rings. The van der Waals surface area contributed by atoms with Gasteiger partial charge >= 0.3 is 6.16 Å². The van der Waals surface area contributed by atoms with Crippen LogP contribution in [0.1, 0.15) is 55.9 Å². The molecule has 1 N–H and O–H groups in total. The first-order valence-corrected chi connectivity index (χ1v) is 17.9. The van der Waals surface area contributed by atoms with Crippen molar-refractivity contribution >= 4 is 29.2 Å². The Labute approximate surface area is 315 Å². The minimum atomic E-state index is -0.965. The average Bonchev–Trinajstić information content (AvgIpc) is 3.18. The number of amides is 1. The number of nitro benzene ring substituents is 1. The zero-order valence-corrected chi connectivity index (χ0v) is 30.6. The maximum absolute atomic E-state index is 13.8. The molecule has 0 fully saturated rings. The van der Waals surface area contributed by atoms with E-state index < -0.39 is 28.5 Å². The van der Waals surface area contributed by atoms with Gasteiger partial charge in [0.05, 0.1) is 11.5 Å². The fourth-order valence-corrected chi connectivity index (χ4v) is 6.24. The highest BCUT2D eigenvalue weighted by Gasteiger charge is 2.38. The minimum Gasteiger partial charge on any atom is -0.429 e. The highest BCUT2D eigenvalue weighted by molar-refractivity contribution is 5.95. The van der Waals surface area contributed by atoms with Gasteiger partial charge in [-0.25, -0.2) is 4.79 Å². The molecule has 0 radical (unpaired) electrons. The molecule has 0 aliphatic carbocycles. The first kappa shape index (κ1) is 39.1. The van der Waals surface area contributed by atoms with Gasteiger partial charge in [-0.3, -0.25) is 19.7 Å². The van der Waals surface area contributed by atoms with Gasteiger partial charge in [0.1, 0.15) is 23.7 Å². The molecule has 278 valence electrons. The molecule has 0 bridgehead atoms. The van der Waals surface area contributed by atoms with Crippen LogP contribution in [0, 0.1) is 27.9 Å². The van der Waals surface area contributed by atoms with E-state index >= 15 is 0 Å². The van der Waals surface area contributed by atoms with Gasteiger partial charge in [0.15, 0.2) is 0 Å². The second-order valence-electron chi connectivity index (χ2n) is 13.6. The van der Waals surface area contributed by atoms with Crippen molar-refractivity contribution in [3.63, 3.8) is 0 Å². The summed E-state index contributed by atoms with van der Waals surface area (Å²) in [5.41, 5.74) is 2.93. The molecule has 0 aromatic heterocycles. The second-order valence-corrected chi connectivity index (χ2v) is 13.6. The topological polar surface area (TPSA) is 134 Å². The first-order valence-electron chi connectivity index (χ1n) is 17.9. The number of hydrogen-bond donors (Lipinski definition) is 1. The van der Waals surface area contributed by atoms with Crippen molar-refractivity contribution in [2.75, 3.05) is 11.9 Å². The van der Waals surface area contributed by atoms with Gasteiger partial charge in [-0.2, -0.15) is 0 Å². The van der Waals surface area contributed by atoms with Crippen LogP contribution >= 0.6 is 0 Å². The molecule has 0 saturated carbocycles. The fourth-order valence-electron chi connectivity index (χ4n) is 6.24. The van der Waals surface area contributed by atoms with Gasteiger partial charge in [-0.1, -0.05) is 124 Å². The maximum Gasteiger partial charge on any atom is 0.514 e. The first-order chi connectivity index (χ1) is 26.0. The number of nitrogens with one attached hydrogen (secondary N) is 1. The zero-order chi connectivity index (χ0) is 38.5. The Kier molecular flexibility index (Phi) is 13.4. The number of benzene rings is 5. The maximum atomic E-state index is 13.8. The highest BCUT2D eigenvalue weighted by atomic mass is 16.7. The van der Waals surface area contributed by atoms with Gasteiger partial charge < -0.3 is 19.5 Å². The zero-order valence-electron chi connectivity index (χ0n) is 30.6. The van der Waals surface area contributed by atoms with Gasteiger partial charge in [-0.05, 0) is 58.9 Å². The smallest absolute Gasteiger partial charge is 0.429 e. The molecule has 0 saturated heterocycles. The molecule has 0 unspecified atom stereocenters. The van der Waals surface area contributed by atoms with Crippen LogP contribution < -0.4 is 10.1 Å². The number of nitrogens with zero attached hydrogens (tertiary/aromatic N) is 1. The Morgan fingerprint density at radius 2 is 1.24 bits per heavy atom. The van der Waals surface area contributed by atoms with Crippen molar-refractivity contribution in [3.05, 3.63) is 172 Å². The van der Waals surface area contributed by atoms with Gasteiger partial charge in [-0.15, -0.1) is 0 Å². The quantitative estimate of drug-likeness (QED) is 0.0329. The monoisotopic (exact) mass is 728 g/mol. The number of rotatable bonds is 17. The third-order valence-electron chi connectivity index (χ3n) is 9.04. The molecule has 5 aromatic carbocycles. The van der Waals surface area contributed by atoms with Crippen LogP contribution in [0.5, 0.6) is 5.75 Å². The van der Waals surface area contributed by atoms with Gasteiger partial charge in [0.25, 0.3) is 5.69 Å². The fraction of sp³-hybridized carbons (Fsp3) is 0.250. The van der Waals surface area contributed by atoms with E-state index in [9.17, 15) is 24.5 Å². The molecule has 5 aromatic rings. The Bertz CT molecular complexity index is 1890. The highest BCUT2D eigenvalue weighted by Crippen LogP contribution is 2.41. The van der Waals surface area contributed by atoms with Crippen molar-refractivity contribution in [2.24, 2.45) is 17.8 Å². The molecule has 2 atom stereocenters. The van der Waals surface area contributed by atoms with E-state index in [2.05, 4.69) is 5.32 Å². The number of ketones is 1. The summed E-state index contributed by atoms with van der Waals surface area (Å²) < 4.78 is 17.1. The van der Waals surface area contributed by atoms with E-state index in [4.69, 9.17) is 14.2 Å². The third kappa shape index (κ3) is 10.3. The SMILES string of the molecule is CC(C)C[C@H](CC(=O)[C@@H](C)COC(c1ccccc1)(c1ccccc1)c1ccccc1)C(=O)Nc1ccc(COC(=O)Oc2ccc([N+](=O)[O-])cc2)cc1. The van der Waals surface area contributed by atoms with Gasteiger partial charge in [0.2, 0.25) is 5.91 Å². The summed E-state index contributed by atoms with van der Waals surface area (Å²) >= 11 is 0. The Hall–Kier alpha value is -6.13. The standard InChI is InChI=1S/C44H44N2O8/c1-31(2)27-34(42(48)45-38-21-19-33(20-22-38)30-52-43(49)54-40-25-23-39(24-26-40)46(50)51)28-41(47)32(3)29-53-44(35-13-7-4-8-14-35,36-15-9-5-10-16-36)37-17-11-6-12-18-37/h4-26,31-32,34H,27-30H2,1-3H3,(H,45,48)/t32-,34+/m0/s1. The van der Waals surface area contributed by atoms with Crippen LogP contribution in [0.15, 0.2) is 140 Å². The third-order valence-corrected chi connectivity index (χ3v) is 9.04. The number of nitro groups is 1. The summed E-state index contributed by atoms with van der Waals surface area (Å²) in [4.78, 5) is 49.8. The van der Waals surface area contributed by atoms with Crippen LogP contribution in [0.25, 0.3) is 0 Å². The van der Waals surface area contributed by atoms with Crippen molar-refractivity contribution in [3.8, 4) is 5.75 Å². The van der Waals surface area contributed by atoms with Gasteiger partial charge in [0, 0.05) is 36.1 Å². The number of carbonyl (C=O) groups is 3. The summed E-state index contributed by atoms with van der Waals surface area (Å²) in [6.45, 7) is 5.93. The van der Waals surface area contributed by atoms with E-state index in [0.717, 1.165) is 16.7 Å². The molecular formula is C44H44N2O8. The molecule has 1 amide bonds. The number of non-ortho nitro benzene ring substituents is 1. The predicted octanol–water partition coefficient (Wildman–Crippen LogP) is 9.52. The number of Topliss-reactive ketones (excluding diaryl/α,β-unsaturated/α-hetero) is 1. The lowest BCUT2D eigenvalue weighted by Gasteiger charge is -2.36. The molecule has 10 heteroatoms. The number of ether oxygens (including phenoxy) is 3. The van der Waals surface area contributed by atoms with Crippen molar-refractivity contribution in [2.45, 2.75) is 45.8 Å². The van der Waals surface area contributed by atoms with Crippen LogP contribution in [0.2, 0.25) is 0 Å². The van der Waals surface area contributed by atoms with Crippen LogP contribution in [-0.4, -0.2) is 29.4 Å². The van der Waals surface area contributed by atoms with E-state index in [1.165, 1.54) is 24.3 Å². The lowest BCUT2D eigenvalue weighted by Crippen LogP contribution is -2.36. The van der Waals surface area contributed by atoms with E-state index in [-0.39, 0.29) is 48.7 Å². The van der Waals surface area contributed by atoms with E-state index in [1.54, 1.807) is 24.3 Å². The summed E-state index contributed by atoms with van der Waals surface area (Å²) in [6, 6.07) is 41.8. The van der Waals surface area contributed by atoms with Crippen LogP contribution in [0.4, 0.5) is 16.2 Å². The summed E-state index contributed by atoms with van der Waals surface area (Å²) in [7, 11) is 0. The van der Waals surface area contributed by atoms with Crippen molar-refractivity contribution in [1.82, 2.24) is 0 Å². The molecular weight excluding hydrogens is 684 g/mol. The van der Waals surface area contributed by atoms with Crippen LogP contribution in [0.3, 0.4) is 0 Å². The Morgan fingerprint density at radius 3 is 1.72 bits per heavy atom. The van der Waals surface area contributed by atoms with Crippen molar-refractivity contribution in [1.29, 1.82) is 0 Å². The summed E-state index contributed by atoms with van der Waals surface area (Å²) in [5, 5.41) is 13.8. The predicted molar refractivity (Wildman–Crippen MR) is 206 cm³/mol. The molecule has 0 spiro atoms. The summed E-state index contributed by atoms with van der Waals surface area (Å²) in [6.07, 6.45) is -0.379. The number of anilines is 1. The molecule has 5 rings (SSSR count). The van der Waals surface area contributed by atoms with E-state index in [1.807, 2.05) is 112 Å². The molecule has 0 aliphatic heterocycles. The Balaban J connectivity index is 1.21. The largest absolute Gasteiger partial charge is 0.514 e. The Morgan fingerprint density at radius 1 is 0.722 bits per heavy atom. The minimum absolute atomic E-state index is 0.0619. The van der Waals surface area contributed by atoms with E-state index in [0.29, 0.717) is 17.7 Å². The molecule has 0 heterocycles. The number of carbonyl (C=O) groups excluding carboxylic acids is 3. The van der Waals surface area contributed by atoms with Crippen molar-refractivity contribution < 1.29 is 33.5 Å². The molecule has 10 nitrogen and oxygen atoms in total. The average molecular weight is 729 g/mol. The normalized spacial score (nSPS) is 12.4. The number of hydrogen-bond acceptors (Lipinski definition) is 8. The van der Waals surface area contributed by atoms with Crippen LogP contribution in [-0.2, 0) is 31.3 Å². The summed E-state index contributed by atoms with van der Waals surface area (Å²) in [5.74, 6) is -1.08.